The van der Waals surface area contributed by atoms with Crippen LogP contribution in [-0.4, -0.2) is 34.2 Å². The number of fused-ring (bicyclic) bond motifs is 1. The van der Waals surface area contributed by atoms with E-state index >= 15 is 0 Å². The first-order chi connectivity index (χ1) is 11.6. The summed E-state index contributed by atoms with van der Waals surface area (Å²) in [5.74, 6) is 1.19. The summed E-state index contributed by atoms with van der Waals surface area (Å²) in [6.45, 7) is 4.35. The number of likely N-dealkylation sites (tertiary alicyclic amines) is 1. The zero-order valence-corrected chi connectivity index (χ0v) is 14.8. The van der Waals surface area contributed by atoms with Crippen molar-refractivity contribution in [3.05, 3.63) is 64.9 Å². The van der Waals surface area contributed by atoms with E-state index in [4.69, 9.17) is 16.6 Å². The Morgan fingerprint density at radius 2 is 1.75 bits per heavy atom. The first-order valence-electron chi connectivity index (χ1n) is 8.65. The fourth-order valence-corrected chi connectivity index (χ4v) is 3.92. The first kappa shape index (κ1) is 15.7. The molecular weight excluding hydrogens is 318 g/mol. The topological polar surface area (TPSA) is 17.8 Å². The van der Waals surface area contributed by atoms with Gasteiger partial charge in [-0.2, -0.15) is 0 Å². The summed E-state index contributed by atoms with van der Waals surface area (Å²) >= 11 is 6.03. The molecule has 3 nitrogen and oxygen atoms in total. The molecule has 1 aliphatic heterocycles. The van der Waals surface area contributed by atoms with Crippen LogP contribution in [0.3, 0.4) is 0 Å². The molecule has 3 aromatic rings. The van der Waals surface area contributed by atoms with Gasteiger partial charge in [0.2, 0.25) is 0 Å². The number of imidazole rings is 1. The third-order valence-corrected chi connectivity index (χ3v) is 5.41. The Kier molecular flexibility index (Phi) is 4.07. The van der Waals surface area contributed by atoms with E-state index in [-0.39, 0.29) is 0 Å². The summed E-state index contributed by atoms with van der Waals surface area (Å²) in [5, 5.41) is 0.782. The number of aromatic nitrogens is 2. The van der Waals surface area contributed by atoms with Crippen molar-refractivity contribution in [1.29, 1.82) is 0 Å². The number of halogens is 1. The summed E-state index contributed by atoms with van der Waals surface area (Å²) in [7, 11) is 2.36. The van der Waals surface area contributed by atoms with Crippen molar-refractivity contribution in [3.8, 4) is 0 Å². The number of nitrogens with zero attached hydrogens (tertiary/aromatic N) is 3. The molecule has 0 unspecified atom stereocenters. The minimum atomic E-state index is 0.782. The second kappa shape index (κ2) is 6.23. The van der Waals surface area contributed by atoms with Gasteiger partial charge < -0.3 is 9.05 Å². The minimum absolute atomic E-state index is 0.782. The van der Waals surface area contributed by atoms with E-state index in [0.717, 1.165) is 28.1 Å². The van der Waals surface area contributed by atoms with Crippen LogP contribution in [0.2, 0.25) is 5.02 Å². The van der Waals surface area contributed by atoms with Gasteiger partial charge in [0.05, 0.1) is 31.2 Å². The molecule has 2 heterocycles. The summed E-state index contributed by atoms with van der Waals surface area (Å²) < 4.78 is 3.48. The number of benzene rings is 2. The van der Waals surface area contributed by atoms with Crippen molar-refractivity contribution in [1.82, 2.24) is 9.55 Å². The van der Waals surface area contributed by atoms with E-state index in [1.807, 2.05) is 12.1 Å². The summed E-state index contributed by atoms with van der Waals surface area (Å²) in [6, 6.07) is 16.6. The van der Waals surface area contributed by atoms with Crippen LogP contribution in [0.5, 0.6) is 0 Å². The number of hydrogen-bond acceptors (Lipinski definition) is 1. The Bertz CT molecular complexity index is 845. The normalized spacial score (nSPS) is 16.8. The molecule has 1 aromatic heterocycles. The summed E-state index contributed by atoms with van der Waals surface area (Å²) in [5.41, 5.74) is 3.56. The number of quaternary nitrogens is 1. The quantitative estimate of drug-likeness (QED) is 0.640. The third kappa shape index (κ3) is 3.06. The second-order valence-corrected chi connectivity index (χ2v) is 7.60. The average Bonchev–Trinajstić information content (AvgIpc) is 3.14. The minimum Gasteiger partial charge on any atom is -0.320 e. The van der Waals surface area contributed by atoms with Crippen molar-refractivity contribution in [2.75, 3.05) is 20.1 Å². The fourth-order valence-electron chi connectivity index (χ4n) is 3.79. The van der Waals surface area contributed by atoms with E-state index < -0.39 is 0 Å². The summed E-state index contributed by atoms with van der Waals surface area (Å²) in [4.78, 5) is 4.96. The van der Waals surface area contributed by atoms with Gasteiger partial charge in [-0.3, -0.25) is 0 Å². The van der Waals surface area contributed by atoms with Gasteiger partial charge in [-0.1, -0.05) is 35.9 Å². The Labute approximate surface area is 148 Å². The molecule has 0 aliphatic carbocycles. The third-order valence-electron chi connectivity index (χ3n) is 5.16. The number of para-hydroxylation sites is 2. The maximum absolute atomic E-state index is 6.03. The molecule has 0 saturated carbocycles. The highest BCUT2D eigenvalue weighted by atomic mass is 35.5. The van der Waals surface area contributed by atoms with E-state index in [1.54, 1.807) is 0 Å². The molecule has 4 heteroatoms. The van der Waals surface area contributed by atoms with Gasteiger partial charge in [-0.05, 0) is 29.8 Å². The monoisotopic (exact) mass is 340 g/mol. The first-order valence-corrected chi connectivity index (χ1v) is 9.03. The van der Waals surface area contributed by atoms with Crippen LogP contribution >= 0.6 is 11.6 Å². The molecule has 1 aliphatic rings. The van der Waals surface area contributed by atoms with E-state index in [1.165, 1.54) is 42.8 Å². The molecule has 1 saturated heterocycles. The predicted octanol–water partition coefficient (Wildman–Crippen LogP) is 4.48. The predicted molar refractivity (Wildman–Crippen MR) is 99.1 cm³/mol. The Morgan fingerprint density at radius 1 is 1.04 bits per heavy atom. The molecule has 4 rings (SSSR count). The average molecular weight is 341 g/mol. The molecule has 2 aromatic carbocycles. The van der Waals surface area contributed by atoms with Gasteiger partial charge in [0.15, 0.2) is 5.82 Å². The van der Waals surface area contributed by atoms with Gasteiger partial charge >= 0.3 is 0 Å². The van der Waals surface area contributed by atoms with Crippen LogP contribution in [-0.2, 0) is 13.1 Å². The molecule has 0 spiro atoms. The van der Waals surface area contributed by atoms with Crippen LogP contribution in [0, 0.1) is 0 Å². The van der Waals surface area contributed by atoms with E-state index in [2.05, 4.69) is 48.0 Å². The molecule has 24 heavy (non-hydrogen) atoms. The van der Waals surface area contributed by atoms with Crippen molar-refractivity contribution in [3.63, 3.8) is 0 Å². The number of hydrogen-bond donors (Lipinski definition) is 0. The second-order valence-electron chi connectivity index (χ2n) is 7.16. The molecule has 0 bridgehead atoms. The molecule has 0 radical (unpaired) electrons. The highest BCUT2D eigenvalue weighted by molar-refractivity contribution is 6.30. The number of rotatable bonds is 4. The smallest absolute Gasteiger partial charge is 0.165 e. The van der Waals surface area contributed by atoms with E-state index in [0.29, 0.717) is 0 Å². The highest BCUT2D eigenvalue weighted by Crippen LogP contribution is 2.24. The van der Waals surface area contributed by atoms with Crippen molar-refractivity contribution < 1.29 is 4.48 Å². The lowest BCUT2D eigenvalue weighted by Crippen LogP contribution is -2.40. The summed E-state index contributed by atoms with van der Waals surface area (Å²) in [6.07, 6.45) is 2.65. The Balaban J connectivity index is 1.73. The maximum Gasteiger partial charge on any atom is 0.165 e. The standard InChI is InChI=1S/C20H23ClN3/c1-24(12-4-5-13-24)15-20-22-18-6-2-3-7-19(18)23(20)14-16-8-10-17(21)11-9-16/h2-3,6-11H,4-5,12-15H2,1H3/q+1. The molecule has 0 amide bonds. The van der Waals surface area contributed by atoms with Gasteiger partial charge in [0, 0.05) is 24.4 Å². The van der Waals surface area contributed by atoms with Crippen molar-refractivity contribution in [2.24, 2.45) is 0 Å². The lowest BCUT2D eigenvalue weighted by Gasteiger charge is -2.28. The van der Waals surface area contributed by atoms with Crippen molar-refractivity contribution >= 4 is 22.6 Å². The molecule has 124 valence electrons. The van der Waals surface area contributed by atoms with Crippen molar-refractivity contribution in [2.45, 2.75) is 25.9 Å². The van der Waals surface area contributed by atoms with Crippen LogP contribution in [0.4, 0.5) is 0 Å². The highest BCUT2D eigenvalue weighted by Gasteiger charge is 2.29. The van der Waals surface area contributed by atoms with Gasteiger partial charge in [0.25, 0.3) is 0 Å². The maximum atomic E-state index is 6.03. The Morgan fingerprint density at radius 3 is 2.50 bits per heavy atom. The zero-order chi connectivity index (χ0) is 16.6. The molecular formula is C20H23ClN3+. The van der Waals surface area contributed by atoms with E-state index in [9.17, 15) is 0 Å². The zero-order valence-electron chi connectivity index (χ0n) is 14.1. The molecule has 0 N–H and O–H groups in total. The lowest BCUT2D eigenvalue weighted by molar-refractivity contribution is -0.911. The van der Waals surface area contributed by atoms with Gasteiger partial charge in [-0.25, -0.2) is 4.98 Å². The lowest BCUT2D eigenvalue weighted by atomic mass is 10.2. The van der Waals surface area contributed by atoms with Crippen LogP contribution in [0.15, 0.2) is 48.5 Å². The Hall–Kier alpha value is -1.84. The van der Waals surface area contributed by atoms with Crippen LogP contribution in [0.25, 0.3) is 11.0 Å². The molecule has 0 atom stereocenters. The van der Waals surface area contributed by atoms with Gasteiger partial charge in [-0.15, -0.1) is 0 Å². The molecule has 1 fully saturated rings. The van der Waals surface area contributed by atoms with Crippen LogP contribution < -0.4 is 0 Å². The largest absolute Gasteiger partial charge is 0.320 e. The van der Waals surface area contributed by atoms with Gasteiger partial charge in [0.1, 0.15) is 6.54 Å². The fraction of sp³-hybridized carbons (Fsp3) is 0.350. The van der Waals surface area contributed by atoms with Crippen LogP contribution in [0.1, 0.15) is 24.2 Å². The SMILES string of the molecule is C[N+]1(Cc2nc3ccccc3n2Cc2ccc(Cl)cc2)CCCC1.